The van der Waals surface area contributed by atoms with E-state index in [0.717, 1.165) is 18.3 Å². The van der Waals surface area contributed by atoms with Crippen LogP contribution in [0.1, 0.15) is 18.4 Å². The van der Waals surface area contributed by atoms with Crippen molar-refractivity contribution in [2.75, 3.05) is 26.7 Å². The molecule has 0 spiro atoms. The first-order valence-corrected chi connectivity index (χ1v) is 7.23. The lowest BCUT2D eigenvalue weighted by Gasteiger charge is -2.23. The fourth-order valence-corrected chi connectivity index (χ4v) is 1.83. The van der Waals surface area contributed by atoms with Gasteiger partial charge >= 0.3 is 6.18 Å². The lowest BCUT2D eigenvalue weighted by Crippen LogP contribution is -2.41. The summed E-state index contributed by atoms with van der Waals surface area (Å²) in [7, 11) is 1.50. The number of nitrogens with zero attached hydrogens (tertiary/aromatic N) is 4. The van der Waals surface area contributed by atoms with E-state index in [9.17, 15) is 22.8 Å². The van der Waals surface area contributed by atoms with Crippen LogP contribution < -0.4 is 0 Å². The highest BCUT2D eigenvalue weighted by atomic mass is 19.4. The Bertz CT molecular complexity index is 605. The van der Waals surface area contributed by atoms with Gasteiger partial charge in [0.05, 0.1) is 6.54 Å². The molecule has 0 unspecified atom stereocenters. The second kappa shape index (κ2) is 8.42. The van der Waals surface area contributed by atoms with Crippen LogP contribution in [0.3, 0.4) is 0 Å². The first-order chi connectivity index (χ1) is 11.2. The third kappa shape index (κ3) is 5.64. The maximum atomic E-state index is 12.6. The highest BCUT2D eigenvalue weighted by Crippen LogP contribution is 2.26. The number of halogens is 3. The van der Waals surface area contributed by atoms with Crippen LogP contribution >= 0.6 is 0 Å². The molecular weight excluding hydrogens is 325 g/mol. The van der Waals surface area contributed by atoms with Crippen molar-refractivity contribution in [2.45, 2.75) is 19.5 Å². The van der Waals surface area contributed by atoms with Gasteiger partial charge in [-0.3, -0.25) is 9.59 Å². The zero-order valence-electron chi connectivity index (χ0n) is 13.5. The summed E-state index contributed by atoms with van der Waals surface area (Å²) in [5.41, 5.74) is -1.02. The van der Waals surface area contributed by atoms with Gasteiger partial charge in [-0.2, -0.15) is 13.2 Å². The largest absolute Gasteiger partial charge is 0.433 e. The maximum Gasteiger partial charge on any atom is 0.433 e. The predicted molar refractivity (Wildman–Crippen MR) is 80.8 cm³/mol. The van der Waals surface area contributed by atoms with E-state index in [1.54, 1.807) is 6.92 Å². The summed E-state index contributed by atoms with van der Waals surface area (Å²) >= 11 is 0. The number of carbonyl (C=O) groups is 2. The summed E-state index contributed by atoms with van der Waals surface area (Å²) in [6, 6.07) is 0.790. The van der Waals surface area contributed by atoms with E-state index in [1.165, 1.54) is 16.8 Å². The van der Waals surface area contributed by atoms with Crippen molar-refractivity contribution in [3.8, 4) is 0 Å². The number of aromatic nitrogens is 2. The molecule has 0 bridgehead atoms. The normalized spacial score (nSPS) is 11.0. The minimum absolute atomic E-state index is 0.000935. The molecule has 0 aliphatic carbocycles. The molecule has 0 saturated heterocycles. The van der Waals surface area contributed by atoms with Crippen molar-refractivity contribution in [3.05, 3.63) is 36.4 Å². The van der Waals surface area contributed by atoms with Crippen LogP contribution in [-0.4, -0.2) is 58.3 Å². The minimum atomic E-state index is -4.54. The van der Waals surface area contributed by atoms with Crippen LogP contribution in [0.2, 0.25) is 0 Å². The summed E-state index contributed by atoms with van der Waals surface area (Å²) in [6.07, 6.45) is -2.30. The van der Waals surface area contributed by atoms with Gasteiger partial charge < -0.3 is 9.80 Å². The predicted octanol–water partition coefficient (Wildman–Crippen LogP) is 1.53. The van der Waals surface area contributed by atoms with Crippen molar-refractivity contribution in [2.24, 2.45) is 0 Å². The van der Waals surface area contributed by atoms with E-state index < -0.39 is 11.9 Å². The number of carbonyl (C=O) groups excluding carboxylic acids is 2. The molecule has 1 heterocycles. The monoisotopic (exact) mass is 344 g/mol. The van der Waals surface area contributed by atoms with Crippen molar-refractivity contribution in [1.82, 2.24) is 19.8 Å². The second-order valence-electron chi connectivity index (χ2n) is 4.98. The summed E-state index contributed by atoms with van der Waals surface area (Å²) in [5.74, 6) is -0.696. The molecule has 0 radical (unpaired) electrons. The van der Waals surface area contributed by atoms with Gasteiger partial charge in [0.15, 0.2) is 0 Å². The fraction of sp³-hybridized carbons (Fsp3) is 0.467. The van der Waals surface area contributed by atoms with Crippen molar-refractivity contribution in [1.29, 1.82) is 0 Å². The van der Waals surface area contributed by atoms with Crippen molar-refractivity contribution in [3.63, 3.8) is 0 Å². The maximum absolute atomic E-state index is 12.6. The molecule has 2 amide bonds. The van der Waals surface area contributed by atoms with Gasteiger partial charge in [0.1, 0.15) is 11.5 Å². The Morgan fingerprint density at radius 2 is 2.04 bits per heavy atom. The van der Waals surface area contributed by atoms with Gasteiger partial charge in [-0.25, -0.2) is 9.97 Å². The first-order valence-electron chi connectivity index (χ1n) is 7.23. The summed E-state index contributed by atoms with van der Waals surface area (Å²) in [6.45, 7) is 5.45. The van der Waals surface area contributed by atoms with Crippen LogP contribution in [0.15, 0.2) is 24.9 Å². The van der Waals surface area contributed by atoms with Gasteiger partial charge in [-0.1, -0.05) is 6.58 Å². The fourth-order valence-electron chi connectivity index (χ4n) is 1.83. The quantitative estimate of drug-likeness (QED) is 0.704. The van der Waals surface area contributed by atoms with E-state index in [2.05, 4.69) is 16.5 Å². The molecule has 0 fully saturated rings. The lowest BCUT2D eigenvalue weighted by molar-refractivity contribution is -0.141. The molecule has 0 saturated carbocycles. The van der Waals surface area contributed by atoms with Crippen LogP contribution in [0.4, 0.5) is 13.2 Å². The molecule has 0 atom stereocenters. The number of hydrogen-bond acceptors (Lipinski definition) is 4. The molecular formula is C15H19F3N4O2. The zero-order chi connectivity index (χ0) is 18.3. The smallest absolute Gasteiger partial charge is 0.344 e. The average molecular weight is 344 g/mol. The Morgan fingerprint density at radius 1 is 1.38 bits per heavy atom. The highest BCUT2D eigenvalue weighted by Gasteiger charge is 2.32. The molecule has 0 aromatic carbocycles. The third-order valence-electron chi connectivity index (χ3n) is 3.29. The molecule has 6 nitrogen and oxygen atoms in total. The van der Waals surface area contributed by atoms with Gasteiger partial charge in [0, 0.05) is 32.8 Å². The van der Waals surface area contributed by atoms with Gasteiger partial charge in [0.2, 0.25) is 11.8 Å². The van der Waals surface area contributed by atoms with Crippen LogP contribution in [-0.2, 0) is 22.2 Å². The van der Waals surface area contributed by atoms with Crippen molar-refractivity contribution >= 4 is 11.8 Å². The zero-order valence-corrected chi connectivity index (χ0v) is 13.5. The van der Waals surface area contributed by atoms with Gasteiger partial charge in [0.25, 0.3) is 0 Å². The number of rotatable bonds is 7. The number of hydrogen-bond donors (Lipinski definition) is 0. The topological polar surface area (TPSA) is 66.4 Å². The summed E-state index contributed by atoms with van der Waals surface area (Å²) in [4.78, 5) is 33.4. The third-order valence-corrected chi connectivity index (χ3v) is 3.29. The Morgan fingerprint density at radius 3 is 2.58 bits per heavy atom. The van der Waals surface area contributed by atoms with E-state index in [-0.39, 0.29) is 37.1 Å². The van der Waals surface area contributed by atoms with Gasteiger partial charge in [-0.15, -0.1) is 0 Å². The molecule has 1 aromatic rings. The number of alkyl halides is 3. The summed E-state index contributed by atoms with van der Waals surface area (Å²) < 4.78 is 37.8. The standard InChI is InChI=1S/C15H19F3N4O2/c1-4-13(23)22(5-2)10-14(24)21(3)9-7-12-19-8-6-11(20-12)15(16,17)18/h4,6,8H,1,5,7,9-10H2,2-3H3. The average Bonchev–Trinajstić information content (AvgIpc) is 2.56. The molecule has 1 rings (SSSR count). The molecule has 0 aliphatic heterocycles. The SMILES string of the molecule is C=CC(=O)N(CC)CC(=O)N(C)CCc1nccc(C(F)(F)F)n1. The Labute approximate surface area is 138 Å². The molecule has 24 heavy (non-hydrogen) atoms. The Hall–Kier alpha value is -2.45. The minimum Gasteiger partial charge on any atom is -0.344 e. The van der Waals surface area contributed by atoms with Gasteiger partial charge in [-0.05, 0) is 19.1 Å². The Balaban J connectivity index is 2.62. The van der Waals surface area contributed by atoms with E-state index >= 15 is 0 Å². The molecule has 132 valence electrons. The first kappa shape index (κ1) is 19.6. The molecule has 9 heteroatoms. The van der Waals surface area contributed by atoms with E-state index in [0.29, 0.717) is 6.54 Å². The lowest BCUT2D eigenvalue weighted by atomic mass is 10.3. The second-order valence-corrected chi connectivity index (χ2v) is 4.98. The Kier molecular flexibility index (Phi) is 6.87. The highest BCUT2D eigenvalue weighted by molar-refractivity contribution is 5.90. The summed E-state index contributed by atoms with van der Waals surface area (Å²) in [5, 5.41) is 0. The van der Waals surface area contributed by atoms with Crippen molar-refractivity contribution < 1.29 is 22.8 Å². The van der Waals surface area contributed by atoms with Crippen LogP contribution in [0, 0.1) is 0 Å². The van der Waals surface area contributed by atoms with E-state index in [1.807, 2.05) is 0 Å². The molecule has 1 aromatic heterocycles. The van der Waals surface area contributed by atoms with Crippen LogP contribution in [0.5, 0.6) is 0 Å². The molecule has 0 N–H and O–H groups in total. The van der Waals surface area contributed by atoms with Crippen LogP contribution in [0.25, 0.3) is 0 Å². The number of amides is 2. The van der Waals surface area contributed by atoms with E-state index in [4.69, 9.17) is 0 Å². The molecule has 0 aliphatic rings. The number of likely N-dealkylation sites (N-methyl/N-ethyl adjacent to an activating group) is 2.